The van der Waals surface area contributed by atoms with E-state index < -0.39 is 0 Å². The molecule has 19 heavy (non-hydrogen) atoms. The largest absolute Gasteiger partial charge is 0.312 e. The van der Waals surface area contributed by atoms with Crippen molar-refractivity contribution in [3.05, 3.63) is 35.1 Å². The fraction of sp³-hybridized carbons (Fsp3) is 0.625. The van der Waals surface area contributed by atoms with Gasteiger partial charge in [0.05, 0.1) is 0 Å². The predicted octanol–water partition coefficient (Wildman–Crippen LogP) is 2.88. The van der Waals surface area contributed by atoms with Crippen LogP contribution in [0.2, 0.25) is 0 Å². The maximum atomic E-state index is 13.7. The van der Waals surface area contributed by atoms with Crippen LogP contribution in [0, 0.1) is 18.7 Å². The van der Waals surface area contributed by atoms with E-state index in [0.29, 0.717) is 12.1 Å². The summed E-state index contributed by atoms with van der Waals surface area (Å²) in [6.07, 6.45) is 2.63. The van der Waals surface area contributed by atoms with Gasteiger partial charge in [0, 0.05) is 25.2 Å². The highest BCUT2D eigenvalue weighted by atomic mass is 19.1. The van der Waals surface area contributed by atoms with Crippen molar-refractivity contribution in [2.45, 2.75) is 38.8 Å². The lowest BCUT2D eigenvalue weighted by molar-refractivity contribution is 0.250. The summed E-state index contributed by atoms with van der Waals surface area (Å²) < 4.78 is 13.7. The highest BCUT2D eigenvalue weighted by Gasteiger charge is 2.36. The molecular weight excluding hydrogens is 239 g/mol. The molecule has 0 radical (unpaired) electrons. The first-order chi connectivity index (χ1) is 9.15. The minimum atomic E-state index is -0.0842. The van der Waals surface area contributed by atoms with Gasteiger partial charge >= 0.3 is 0 Å². The van der Waals surface area contributed by atoms with Crippen LogP contribution in [-0.2, 0) is 0 Å². The van der Waals surface area contributed by atoms with Crippen molar-refractivity contribution in [2.24, 2.45) is 5.92 Å². The Morgan fingerprint density at radius 1 is 1.37 bits per heavy atom. The molecule has 3 rings (SSSR count). The number of halogens is 1. The molecule has 0 spiro atoms. The summed E-state index contributed by atoms with van der Waals surface area (Å²) in [5, 5.41) is 3.62. The van der Waals surface area contributed by atoms with E-state index in [2.05, 4.69) is 23.2 Å². The molecule has 3 heteroatoms. The van der Waals surface area contributed by atoms with Crippen molar-refractivity contribution in [1.82, 2.24) is 10.2 Å². The third-order valence-electron chi connectivity index (χ3n) is 4.85. The minimum absolute atomic E-state index is 0.0842. The highest BCUT2D eigenvalue weighted by Crippen LogP contribution is 2.31. The third kappa shape index (κ3) is 2.54. The minimum Gasteiger partial charge on any atom is -0.312 e. The molecule has 104 valence electrons. The van der Waals surface area contributed by atoms with Crippen LogP contribution in [0.1, 0.15) is 36.9 Å². The molecule has 3 atom stereocenters. The Morgan fingerprint density at radius 3 is 2.95 bits per heavy atom. The van der Waals surface area contributed by atoms with E-state index in [0.717, 1.165) is 36.7 Å². The molecular formula is C16H23FN2. The second kappa shape index (κ2) is 5.22. The zero-order chi connectivity index (χ0) is 13.4. The topological polar surface area (TPSA) is 15.3 Å². The van der Waals surface area contributed by atoms with E-state index in [-0.39, 0.29) is 5.82 Å². The molecule has 0 aromatic heterocycles. The first-order valence-corrected chi connectivity index (χ1v) is 7.38. The van der Waals surface area contributed by atoms with Crippen molar-refractivity contribution >= 4 is 0 Å². The lowest BCUT2D eigenvalue weighted by Crippen LogP contribution is -2.40. The lowest BCUT2D eigenvalue weighted by atomic mass is 9.94. The molecule has 2 nitrogen and oxygen atoms in total. The van der Waals surface area contributed by atoms with Gasteiger partial charge in [0.1, 0.15) is 5.82 Å². The Hall–Kier alpha value is -0.930. The normalized spacial score (nSPS) is 29.2. The van der Waals surface area contributed by atoms with Gasteiger partial charge in [-0.25, -0.2) is 4.39 Å². The van der Waals surface area contributed by atoms with Gasteiger partial charge in [0.25, 0.3) is 0 Å². The molecule has 3 unspecified atom stereocenters. The Kier molecular flexibility index (Phi) is 3.59. The number of hydrogen-bond donors (Lipinski definition) is 1. The molecule has 2 fully saturated rings. The molecule has 1 aromatic carbocycles. The van der Waals surface area contributed by atoms with Gasteiger partial charge in [0.15, 0.2) is 0 Å². The fourth-order valence-electron chi connectivity index (χ4n) is 3.48. The van der Waals surface area contributed by atoms with Crippen molar-refractivity contribution in [3.63, 3.8) is 0 Å². The highest BCUT2D eigenvalue weighted by molar-refractivity contribution is 5.25. The van der Waals surface area contributed by atoms with E-state index in [4.69, 9.17) is 0 Å². The van der Waals surface area contributed by atoms with Crippen molar-refractivity contribution < 1.29 is 4.39 Å². The predicted molar refractivity (Wildman–Crippen MR) is 75.6 cm³/mol. The molecule has 2 aliphatic heterocycles. The summed E-state index contributed by atoms with van der Waals surface area (Å²) in [6, 6.07) is 6.62. The first-order valence-electron chi connectivity index (χ1n) is 7.38. The average molecular weight is 262 g/mol. The van der Waals surface area contributed by atoms with Crippen LogP contribution in [0.25, 0.3) is 0 Å². The molecule has 0 saturated carbocycles. The number of aryl methyl sites for hydroxylation is 1. The van der Waals surface area contributed by atoms with E-state index in [1.165, 1.54) is 12.8 Å². The lowest BCUT2D eigenvalue weighted by Gasteiger charge is -2.25. The van der Waals surface area contributed by atoms with Gasteiger partial charge in [-0.2, -0.15) is 0 Å². The van der Waals surface area contributed by atoms with Crippen LogP contribution in [-0.4, -0.2) is 30.6 Å². The Balaban J connectivity index is 1.73. The van der Waals surface area contributed by atoms with E-state index in [1.54, 1.807) is 6.07 Å². The Labute approximate surface area is 115 Å². The van der Waals surface area contributed by atoms with Crippen molar-refractivity contribution in [3.8, 4) is 0 Å². The van der Waals surface area contributed by atoms with Gasteiger partial charge in [0.2, 0.25) is 0 Å². The van der Waals surface area contributed by atoms with Gasteiger partial charge < -0.3 is 5.32 Å². The first kappa shape index (κ1) is 13.1. The summed E-state index contributed by atoms with van der Waals surface area (Å²) in [5.74, 6) is 0.700. The SMILES string of the molecule is Cc1ccc(C(C)N2CC3CCCNC3C2)cc1F. The second-order valence-corrected chi connectivity index (χ2v) is 6.10. The summed E-state index contributed by atoms with van der Waals surface area (Å²) in [4.78, 5) is 2.50. The maximum Gasteiger partial charge on any atom is 0.126 e. The standard InChI is InChI=1S/C16H23FN2/c1-11-5-6-13(8-15(11)17)12(2)19-9-14-4-3-7-18-16(14)10-19/h5-6,8,12,14,16,18H,3-4,7,9-10H2,1-2H3. The van der Waals surface area contributed by atoms with Crippen molar-refractivity contribution in [2.75, 3.05) is 19.6 Å². The molecule has 1 N–H and O–H groups in total. The monoisotopic (exact) mass is 262 g/mol. The number of likely N-dealkylation sites (tertiary alicyclic amines) is 1. The van der Waals surface area contributed by atoms with E-state index >= 15 is 0 Å². The van der Waals surface area contributed by atoms with Crippen LogP contribution in [0.5, 0.6) is 0 Å². The third-order valence-corrected chi connectivity index (χ3v) is 4.85. The number of nitrogens with one attached hydrogen (secondary N) is 1. The molecule has 0 bridgehead atoms. The number of benzene rings is 1. The summed E-state index contributed by atoms with van der Waals surface area (Å²) in [6.45, 7) is 7.41. The van der Waals surface area contributed by atoms with Gasteiger partial charge in [-0.15, -0.1) is 0 Å². The van der Waals surface area contributed by atoms with Gasteiger partial charge in [-0.05, 0) is 56.3 Å². The molecule has 2 saturated heterocycles. The summed E-state index contributed by atoms with van der Waals surface area (Å²) in [7, 11) is 0. The van der Waals surface area contributed by atoms with Crippen LogP contribution in [0.4, 0.5) is 4.39 Å². The van der Waals surface area contributed by atoms with Gasteiger partial charge in [-0.3, -0.25) is 4.90 Å². The second-order valence-electron chi connectivity index (χ2n) is 6.10. The quantitative estimate of drug-likeness (QED) is 0.881. The zero-order valence-corrected chi connectivity index (χ0v) is 11.8. The van der Waals surface area contributed by atoms with Crippen LogP contribution in [0.3, 0.4) is 0 Å². The van der Waals surface area contributed by atoms with Gasteiger partial charge in [-0.1, -0.05) is 12.1 Å². The number of rotatable bonds is 2. The number of piperidine rings is 1. The fourth-order valence-corrected chi connectivity index (χ4v) is 3.48. The average Bonchev–Trinajstić information content (AvgIpc) is 2.85. The maximum absolute atomic E-state index is 13.7. The van der Waals surface area contributed by atoms with Crippen LogP contribution >= 0.6 is 0 Å². The number of fused-ring (bicyclic) bond motifs is 1. The van der Waals surface area contributed by atoms with Crippen LogP contribution < -0.4 is 5.32 Å². The molecule has 0 aliphatic carbocycles. The molecule has 1 aromatic rings. The zero-order valence-electron chi connectivity index (χ0n) is 11.8. The summed E-state index contributed by atoms with van der Waals surface area (Å²) >= 11 is 0. The van der Waals surface area contributed by atoms with E-state index in [1.807, 2.05) is 13.0 Å². The van der Waals surface area contributed by atoms with E-state index in [9.17, 15) is 4.39 Å². The molecule has 2 aliphatic rings. The Morgan fingerprint density at radius 2 is 2.21 bits per heavy atom. The number of nitrogens with zero attached hydrogens (tertiary/aromatic N) is 1. The Bertz CT molecular complexity index is 446. The molecule has 2 heterocycles. The molecule has 0 amide bonds. The van der Waals surface area contributed by atoms with Crippen LogP contribution in [0.15, 0.2) is 18.2 Å². The summed E-state index contributed by atoms with van der Waals surface area (Å²) in [5.41, 5.74) is 1.83. The van der Waals surface area contributed by atoms with Crippen molar-refractivity contribution in [1.29, 1.82) is 0 Å². The number of hydrogen-bond acceptors (Lipinski definition) is 2. The smallest absolute Gasteiger partial charge is 0.126 e.